The van der Waals surface area contributed by atoms with Crippen LogP contribution in [0.2, 0.25) is 0 Å². The standard InChI is InChI=1S/C21H21F3O5S2/c1-10(2)27-18(25)16-12(5)15(17(31-16)19(26)28-11(3)4)29-20(30)13-7-6-8-14(9-13)21(22,23)24/h6-11H,1-5H3. The number of ether oxygens (including phenoxy) is 3. The number of hydrogen-bond donors (Lipinski definition) is 0. The fourth-order valence-electron chi connectivity index (χ4n) is 2.46. The van der Waals surface area contributed by atoms with E-state index in [2.05, 4.69) is 0 Å². The summed E-state index contributed by atoms with van der Waals surface area (Å²) >= 11 is 5.99. The number of thiophene rings is 1. The van der Waals surface area contributed by atoms with E-state index >= 15 is 0 Å². The lowest BCUT2D eigenvalue weighted by atomic mass is 10.1. The zero-order valence-electron chi connectivity index (χ0n) is 17.5. The van der Waals surface area contributed by atoms with Crippen LogP contribution < -0.4 is 4.74 Å². The van der Waals surface area contributed by atoms with Gasteiger partial charge >= 0.3 is 18.1 Å². The summed E-state index contributed by atoms with van der Waals surface area (Å²) < 4.78 is 55.1. The number of halogens is 3. The summed E-state index contributed by atoms with van der Waals surface area (Å²) in [4.78, 5) is 25.1. The third kappa shape index (κ3) is 6.27. The Kier molecular flexibility index (Phi) is 7.82. The zero-order chi connectivity index (χ0) is 23.5. The van der Waals surface area contributed by atoms with E-state index in [1.807, 2.05) is 0 Å². The highest BCUT2D eigenvalue weighted by atomic mass is 32.1. The molecule has 0 saturated carbocycles. The number of hydrogen-bond acceptors (Lipinski definition) is 7. The van der Waals surface area contributed by atoms with E-state index in [1.165, 1.54) is 19.1 Å². The van der Waals surface area contributed by atoms with Crippen molar-refractivity contribution >= 4 is 40.5 Å². The number of rotatable bonds is 6. The fraction of sp³-hybridized carbons (Fsp3) is 0.381. The van der Waals surface area contributed by atoms with E-state index in [0.29, 0.717) is 0 Å². The van der Waals surface area contributed by atoms with Crippen molar-refractivity contribution in [2.24, 2.45) is 0 Å². The largest absolute Gasteiger partial charge is 0.459 e. The molecule has 0 aliphatic heterocycles. The average Bonchev–Trinajstić information content (AvgIpc) is 2.97. The molecule has 1 heterocycles. The Morgan fingerprint density at radius 2 is 1.55 bits per heavy atom. The lowest BCUT2D eigenvalue weighted by Crippen LogP contribution is -2.14. The number of benzene rings is 1. The minimum absolute atomic E-state index is 0.00455. The van der Waals surface area contributed by atoms with E-state index in [4.69, 9.17) is 26.4 Å². The van der Waals surface area contributed by atoms with Gasteiger partial charge < -0.3 is 14.2 Å². The number of carbonyl (C=O) groups is 2. The van der Waals surface area contributed by atoms with Gasteiger partial charge in [0.15, 0.2) is 15.7 Å². The second-order valence-corrected chi connectivity index (χ2v) is 8.48. The molecule has 0 saturated heterocycles. The first-order chi connectivity index (χ1) is 14.3. The molecule has 0 radical (unpaired) electrons. The average molecular weight is 475 g/mol. The van der Waals surface area contributed by atoms with Gasteiger partial charge in [-0.1, -0.05) is 12.1 Å². The van der Waals surface area contributed by atoms with Crippen LogP contribution in [-0.2, 0) is 15.7 Å². The molecule has 0 aliphatic carbocycles. The van der Waals surface area contributed by atoms with Crippen LogP contribution in [0.5, 0.6) is 5.75 Å². The topological polar surface area (TPSA) is 61.8 Å². The molecule has 2 rings (SSSR count). The maximum Gasteiger partial charge on any atom is 0.416 e. The van der Waals surface area contributed by atoms with Crippen molar-refractivity contribution in [2.75, 3.05) is 0 Å². The highest BCUT2D eigenvalue weighted by Crippen LogP contribution is 2.37. The van der Waals surface area contributed by atoms with Gasteiger partial charge in [-0.05, 0) is 59.0 Å². The predicted molar refractivity (Wildman–Crippen MR) is 114 cm³/mol. The third-order valence-corrected chi connectivity index (χ3v) is 5.32. The van der Waals surface area contributed by atoms with Crippen molar-refractivity contribution in [2.45, 2.75) is 53.0 Å². The number of esters is 2. The summed E-state index contributed by atoms with van der Waals surface area (Å²) in [5.74, 6) is -1.45. The lowest BCUT2D eigenvalue weighted by molar-refractivity contribution is -0.137. The van der Waals surface area contributed by atoms with Gasteiger partial charge in [-0.15, -0.1) is 11.3 Å². The minimum Gasteiger partial charge on any atom is -0.459 e. The van der Waals surface area contributed by atoms with Crippen LogP contribution >= 0.6 is 23.6 Å². The molecule has 2 aromatic rings. The summed E-state index contributed by atoms with van der Waals surface area (Å²) in [6.45, 7) is 8.19. The fourth-order valence-corrected chi connectivity index (χ4v) is 3.67. The van der Waals surface area contributed by atoms with Crippen LogP contribution in [-0.4, -0.2) is 29.2 Å². The molecule has 1 aromatic heterocycles. The molecule has 31 heavy (non-hydrogen) atoms. The quantitative estimate of drug-likeness (QED) is 0.380. The maximum atomic E-state index is 13.0. The van der Waals surface area contributed by atoms with Gasteiger partial charge in [-0.25, -0.2) is 9.59 Å². The Labute approximate surface area is 187 Å². The molecule has 0 amide bonds. The Hall–Kier alpha value is -2.46. The Bertz CT molecular complexity index is 993. The molecule has 0 aliphatic rings. The van der Waals surface area contributed by atoms with Crippen LogP contribution in [0.1, 0.15) is 63.7 Å². The number of thiocarbonyl (C=S) groups is 1. The Balaban J connectivity index is 2.46. The smallest absolute Gasteiger partial charge is 0.416 e. The van der Waals surface area contributed by atoms with Gasteiger partial charge in [0.2, 0.25) is 0 Å². The minimum atomic E-state index is -4.55. The van der Waals surface area contributed by atoms with Gasteiger partial charge in [0.05, 0.1) is 17.8 Å². The Morgan fingerprint density at radius 3 is 2.06 bits per heavy atom. The van der Waals surface area contributed by atoms with E-state index in [1.54, 1.807) is 27.7 Å². The first kappa shape index (κ1) is 24.8. The second-order valence-electron chi connectivity index (χ2n) is 7.09. The molecule has 0 unspecified atom stereocenters. The molecule has 10 heteroatoms. The van der Waals surface area contributed by atoms with E-state index < -0.39 is 35.9 Å². The maximum absolute atomic E-state index is 13.0. The molecule has 5 nitrogen and oxygen atoms in total. The molecule has 0 fully saturated rings. The molecule has 1 aromatic carbocycles. The van der Waals surface area contributed by atoms with E-state index in [9.17, 15) is 22.8 Å². The van der Waals surface area contributed by atoms with Crippen LogP contribution in [0.4, 0.5) is 13.2 Å². The third-order valence-electron chi connectivity index (χ3n) is 3.77. The van der Waals surface area contributed by atoms with Gasteiger partial charge in [0, 0.05) is 11.1 Å². The monoisotopic (exact) mass is 474 g/mol. The summed E-state index contributed by atoms with van der Waals surface area (Å²) in [5.41, 5.74) is -0.607. The molecular weight excluding hydrogens is 453 g/mol. The van der Waals surface area contributed by atoms with Crippen LogP contribution in [0.15, 0.2) is 24.3 Å². The van der Waals surface area contributed by atoms with Crippen LogP contribution in [0.3, 0.4) is 0 Å². The summed E-state index contributed by atoms with van der Waals surface area (Å²) in [6, 6.07) is 4.32. The van der Waals surface area contributed by atoms with Crippen molar-refractivity contribution < 1.29 is 37.0 Å². The summed E-state index contributed by atoms with van der Waals surface area (Å²) in [7, 11) is 0. The first-order valence-corrected chi connectivity index (χ1v) is 10.5. The predicted octanol–water partition coefficient (Wildman–Crippen LogP) is 5.96. The highest BCUT2D eigenvalue weighted by molar-refractivity contribution is 7.80. The van der Waals surface area contributed by atoms with Gasteiger partial charge in [-0.2, -0.15) is 13.2 Å². The summed E-state index contributed by atoms with van der Waals surface area (Å²) in [5, 5.41) is -0.283. The van der Waals surface area contributed by atoms with Crippen molar-refractivity contribution in [1.82, 2.24) is 0 Å². The highest BCUT2D eigenvalue weighted by Gasteiger charge is 2.32. The van der Waals surface area contributed by atoms with Crippen molar-refractivity contribution in [3.63, 3.8) is 0 Å². The normalized spacial score (nSPS) is 11.5. The molecule has 0 spiro atoms. The number of carbonyl (C=O) groups excluding carboxylic acids is 2. The molecule has 0 atom stereocenters. The lowest BCUT2D eigenvalue weighted by Gasteiger charge is -2.12. The summed E-state index contributed by atoms with van der Waals surface area (Å²) in [6.07, 6.45) is -5.39. The molecular formula is C21H21F3O5S2. The van der Waals surface area contributed by atoms with Crippen molar-refractivity contribution in [3.8, 4) is 5.75 Å². The van der Waals surface area contributed by atoms with E-state index in [-0.39, 0.29) is 31.7 Å². The molecule has 168 valence electrons. The van der Waals surface area contributed by atoms with E-state index in [0.717, 1.165) is 23.5 Å². The van der Waals surface area contributed by atoms with Gasteiger partial charge in [-0.3, -0.25) is 0 Å². The number of alkyl halides is 3. The van der Waals surface area contributed by atoms with Crippen molar-refractivity contribution in [3.05, 3.63) is 50.7 Å². The van der Waals surface area contributed by atoms with Gasteiger partial charge in [0.25, 0.3) is 0 Å². The molecule has 0 bridgehead atoms. The SMILES string of the molecule is Cc1c(C(=O)OC(C)C)sc(C(=O)OC(C)C)c1OC(=S)c1cccc(C(F)(F)F)c1. The van der Waals surface area contributed by atoms with Gasteiger partial charge in [0.1, 0.15) is 4.88 Å². The second kappa shape index (κ2) is 9.78. The Morgan fingerprint density at radius 1 is 1.00 bits per heavy atom. The zero-order valence-corrected chi connectivity index (χ0v) is 19.1. The first-order valence-electron chi connectivity index (χ1n) is 9.26. The molecule has 0 N–H and O–H groups in total. The van der Waals surface area contributed by atoms with Crippen molar-refractivity contribution in [1.29, 1.82) is 0 Å². The van der Waals surface area contributed by atoms with Crippen LogP contribution in [0, 0.1) is 6.92 Å². The van der Waals surface area contributed by atoms with Crippen LogP contribution in [0.25, 0.3) is 0 Å².